The van der Waals surface area contributed by atoms with Gasteiger partial charge in [0.05, 0.1) is 10.6 Å². The number of nitrogens with zero attached hydrogens (tertiary/aromatic N) is 5. The van der Waals surface area contributed by atoms with E-state index >= 15 is 0 Å². The van der Waals surface area contributed by atoms with E-state index in [4.69, 9.17) is 4.42 Å². The molecule has 0 radical (unpaired) electrons. The highest BCUT2D eigenvalue weighted by molar-refractivity contribution is 7.92. The van der Waals surface area contributed by atoms with Crippen LogP contribution in [-0.2, 0) is 17.1 Å². The minimum atomic E-state index is -3.77. The lowest BCUT2D eigenvalue weighted by Crippen LogP contribution is -2.26. The molecule has 1 amide bonds. The van der Waals surface area contributed by atoms with E-state index in [1.165, 1.54) is 35.6 Å². The Morgan fingerprint density at radius 3 is 2.38 bits per heavy atom. The molecular formula is C21H20N6O4S. The van der Waals surface area contributed by atoms with Gasteiger partial charge >= 0.3 is 6.01 Å². The summed E-state index contributed by atoms with van der Waals surface area (Å²) in [6.45, 7) is 1.89. The monoisotopic (exact) mass is 452 g/mol. The van der Waals surface area contributed by atoms with Gasteiger partial charge in [-0.3, -0.25) is 19.1 Å². The maximum absolute atomic E-state index is 12.9. The summed E-state index contributed by atoms with van der Waals surface area (Å²) in [6, 6.07) is 16.0. The highest BCUT2D eigenvalue weighted by Crippen LogP contribution is 2.23. The minimum Gasteiger partial charge on any atom is -0.401 e. The molecule has 10 nitrogen and oxygen atoms in total. The number of amides is 1. The molecule has 0 saturated heterocycles. The Bertz CT molecular complexity index is 1340. The predicted molar refractivity (Wildman–Crippen MR) is 118 cm³/mol. The molecule has 4 aromatic rings. The summed E-state index contributed by atoms with van der Waals surface area (Å²) in [7, 11) is -0.506. The van der Waals surface area contributed by atoms with Crippen LogP contribution in [0.5, 0.6) is 0 Å². The van der Waals surface area contributed by atoms with Crippen LogP contribution in [0.25, 0.3) is 11.6 Å². The Morgan fingerprint density at radius 1 is 1.06 bits per heavy atom. The second-order valence-corrected chi connectivity index (χ2v) is 8.96. The Kier molecular flexibility index (Phi) is 5.49. The summed E-state index contributed by atoms with van der Waals surface area (Å²) in [5.41, 5.74) is 2.18. The molecule has 164 valence electrons. The normalized spacial score (nSPS) is 11.3. The average molecular weight is 452 g/mol. The van der Waals surface area contributed by atoms with Gasteiger partial charge in [-0.05, 0) is 49.4 Å². The van der Waals surface area contributed by atoms with E-state index in [0.717, 1.165) is 5.69 Å². The smallest absolute Gasteiger partial charge is 0.322 e. The number of aromatic nitrogens is 4. The number of hydrogen-bond donors (Lipinski definition) is 1. The van der Waals surface area contributed by atoms with Crippen molar-refractivity contribution in [2.24, 2.45) is 7.05 Å². The van der Waals surface area contributed by atoms with Crippen LogP contribution >= 0.6 is 0 Å². The van der Waals surface area contributed by atoms with Crippen molar-refractivity contribution in [3.05, 3.63) is 71.9 Å². The zero-order valence-corrected chi connectivity index (χ0v) is 18.4. The van der Waals surface area contributed by atoms with Gasteiger partial charge in [-0.1, -0.05) is 23.3 Å². The number of nitrogens with one attached hydrogen (secondary N) is 1. The fourth-order valence-corrected chi connectivity index (χ4v) is 4.12. The summed E-state index contributed by atoms with van der Waals surface area (Å²) in [5, 5.41) is 14.4. The number of benzene rings is 2. The van der Waals surface area contributed by atoms with Crippen LogP contribution < -0.4 is 9.62 Å². The topological polar surface area (TPSA) is 123 Å². The van der Waals surface area contributed by atoms with Gasteiger partial charge in [-0.2, -0.15) is 5.10 Å². The Labute approximate surface area is 184 Å². The molecule has 0 fully saturated rings. The number of aryl methyl sites for hydroxylation is 2. The van der Waals surface area contributed by atoms with Crippen molar-refractivity contribution in [3.8, 4) is 11.6 Å². The first-order chi connectivity index (χ1) is 15.3. The zero-order chi connectivity index (χ0) is 22.9. The van der Waals surface area contributed by atoms with Gasteiger partial charge in [0, 0.05) is 25.4 Å². The Balaban J connectivity index is 1.48. The van der Waals surface area contributed by atoms with Crippen molar-refractivity contribution < 1.29 is 17.6 Å². The van der Waals surface area contributed by atoms with Gasteiger partial charge in [-0.25, -0.2) is 8.42 Å². The number of carbonyl (C=O) groups excluding carboxylic acids is 1. The lowest BCUT2D eigenvalue weighted by atomic mass is 10.2. The molecule has 32 heavy (non-hydrogen) atoms. The van der Waals surface area contributed by atoms with E-state index in [9.17, 15) is 13.2 Å². The molecule has 0 spiro atoms. The van der Waals surface area contributed by atoms with Crippen molar-refractivity contribution in [1.29, 1.82) is 0 Å². The second-order valence-electron chi connectivity index (χ2n) is 6.99. The third-order valence-electron chi connectivity index (χ3n) is 4.87. The van der Waals surface area contributed by atoms with Gasteiger partial charge in [0.25, 0.3) is 21.8 Å². The summed E-state index contributed by atoms with van der Waals surface area (Å²) < 4.78 is 34.0. The quantitative estimate of drug-likeness (QED) is 0.477. The van der Waals surface area contributed by atoms with Gasteiger partial charge < -0.3 is 4.42 Å². The lowest BCUT2D eigenvalue weighted by molar-refractivity contribution is 0.102. The maximum atomic E-state index is 12.9. The van der Waals surface area contributed by atoms with E-state index in [0.29, 0.717) is 11.4 Å². The third kappa shape index (κ3) is 4.10. The largest absolute Gasteiger partial charge is 0.401 e. The molecule has 2 aromatic carbocycles. The fraction of sp³-hybridized carbons (Fsp3) is 0.143. The molecule has 0 aliphatic heterocycles. The molecule has 0 unspecified atom stereocenters. The van der Waals surface area contributed by atoms with Crippen LogP contribution in [0.15, 0.2) is 70.0 Å². The molecule has 2 aromatic heterocycles. The summed E-state index contributed by atoms with van der Waals surface area (Å²) in [6.07, 6.45) is 0. The highest BCUT2D eigenvalue weighted by Gasteiger charge is 2.22. The molecule has 0 bridgehead atoms. The third-order valence-corrected chi connectivity index (χ3v) is 6.67. The van der Waals surface area contributed by atoms with Crippen molar-refractivity contribution in [3.63, 3.8) is 0 Å². The summed E-state index contributed by atoms with van der Waals surface area (Å²) in [4.78, 5) is 12.6. The van der Waals surface area contributed by atoms with E-state index in [-0.39, 0.29) is 22.4 Å². The standard InChI is InChI=1S/C21H20N6O4S/c1-14-13-18(25-26(14)2)20-23-24-21(31-20)22-19(28)15-9-11-17(12-10-15)32(29,30)27(3)16-7-5-4-6-8-16/h4-13H,1-3H3,(H,22,24,28). The molecule has 2 heterocycles. The molecule has 0 aliphatic carbocycles. The average Bonchev–Trinajstić information content (AvgIpc) is 3.40. The number of rotatable bonds is 6. The summed E-state index contributed by atoms with van der Waals surface area (Å²) in [5.74, 6) is -0.341. The molecule has 0 saturated carbocycles. The summed E-state index contributed by atoms with van der Waals surface area (Å²) >= 11 is 0. The van der Waals surface area contributed by atoms with Gasteiger partial charge in [0.15, 0.2) is 0 Å². The number of hydrogen-bond acceptors (Lipinski definition) is 7. The van der Waals surface area contributed by atoms with Gasteiger partial charge in [0.2, 0.25) is 0 Å². The Morgan fingerprint density at radius 2 is 1.75 bits per heavy atom. The first kappa shape index (κ1) is 21.2. The molecule has 1 N–H and O–H groups in total. The van der Waals surface area contributed by atoms with Crippen LogP contribution in [-0.4, -0.2) is 41.4 Å². The number of anilines is 2. The zero-order valence-electron chi connectivity index (χ0n) is 17.6. The van der Waals surface area contributed by atoms with Crippen LogP contribution in [0.4, 0.5) is 11.7 Å². The predicted octanol–water partition coefficient (Wildman–Crippen LogP) is 2.86. The minimum absolute atomic E-state index is 0.0611. The number of sulfonamides is 1. The maximum Gasteiger partial charge on any atom is 0.322 e. The van der Waals surface area contributed by atoms with Crippen LogP contribution in [0.1, 0.15) is 16.1 Å². The van der Waals surface area contributed by atoms with Crippen LogP contribution in [0.2, 0.25) is 0 Å². The SMILES string of the molecule is Cc1cc(-c2nnc(NC(=O)c3ccc(S(=O)(=O)N(C)c4ccccc4)cc3)o2)nn1C. The van der Waals surface area contributed by atoms with Crippen molar-refractivity contribution in [1.82, 2.24) is 20.0 Å². The van der Waals surface area contributed by atoms with Crippen molar-refractivity contribution in [2.75, 3.05) is 16.7 Å². The number of carbonyl (C=O) groups is 1. The van der Waals surface area contributed by atoms with E-state index in [1.54, 1.807) is 48.1 Å². The first-order valence-electron chi connectivity index (χ1n) is 9.55. The molecule has 11 heteroatoms. The molecule has 4 rings (SSSR count). The first-order valence-corrected chi connectivity index (χ1v) is 11.0. The fourth-order valence-electron chi connectivity index (χ4n) is 2.92. The van der Waals surface area contributed by atoms with Crippen LogP contribution in [0.3, 0.4) is 0 Å². The van der Waals surface area contributed by atoms with E-state index in [2.05, 4.69) is 20.6 Å². The molecule has 0 aliphatic rings. The van der Waals surface area contributed by atoms with E-state index < -0.39 is 15.9 Å². The number of para-hydroxylation sites is 1. The second kappa shape index (κ2) is 8.27. The van der Waals surface area contributed by atoms with Crippen molar-refractivity contribution >= 4 is 27.6 Å². The molecule has 0 atom stereocenters. The highest BCUT2D eigenvalue weighted by atomic mass is 32.2. The van der Waals surface area contributed by atoms with Crippen molar-refractivity contribution in [2.45, 2.75) is 11.8 Å². The van der Waals surface area contributed by atoms with E-state index in [1.807, 2.05) is 6.92 Å². The molecular weight excluding hydrogens is 432 g/mol. The van der Waals surface area contributed by atoms with Crippen LogP contribution in [0, 0.1) is 6.92 Å². The van der Waals surface area contributed by atoms with Gasteiger partial charge in [-0.15, -0.1) is 5.10 Å². The Hall–Kier alpha value is -3.99. The van der Waals surface area contributed by atoms with Gasteiger partial charge in [0.1, 0.15) is 5.69 Å². The lowest BCUT2D eigenvalue weighted by Gasteiger charge is -2.19.